The van der Waals surface area contributed by atoms with Crippen molar-refractivity contribution in [3.05, 3.63) is 12.2 Å². The highest BCUT2D eigenvalue weighted by atomic mass is 35.5. The lowest BCUT2D eigenvalue weighted by Gasteiger charge is -2.01. The van der Waals surface area contributed by atoms with Crippen LogP contribution in [0.15, 0.2) is 12.2 Å². The maximum atomic E-state index is 10.7. The number of Topliss-reactive ketones (excluding diaryl/α,β-unsaturated/α-hetero) is 6. The molecule has 0 aromatic heterocycles. The fourth-order valence-electron chi connectivity index (χ4n) is 10.7. The molecule has 0 fully saturated rings. The van der Waals surface area contributed by atoms with Crippen molar-refractivity contribution in [1.29, 1.82) is 0 Å². The number of rotatable bonds is 65. The lowest BCUT2D eigenvalue weighted by Crippen LogP contribution is -1.89. The number of carbonyl (C=O) groups is 7. The first-order valence-corrected chi connectivity index (χ1v) is 41.6. The van der Waals surface area contributed by atoms with Crippen LogP contribution in [0.2, 0.25) is 0 Å². The first-order chi connectivity index (χ1) is 45.4. The minimum Gasteiger partial charge on any atom is -0.300 e. The molecular formula is C86H169ClO7. The van der Waals surface area contributed by atoms with Crippen molar-refractivity contribution in [2.45, 2.75) is 501 Å². The van der Waals surface area contributed by atoms with Gasteiger partial charge in [-0.05, 0) is 124 Å². The molecule has 0 radical (unpaired) electrons. The van der Waals surface area contributed by atoms with Gasteiger partial charge in [0.1, 0.15) is 34.7 Å². The number of ketones is 6. The number of halogens is 1. The number of carbonyl (C=O) groups excluding carboxylic acids is 7. The molecule has 94 heavy (non-hydrogen) atoms. The second-order valence-corrected chi connectivity index (χ2v) is 28.3. The number of hydrogen-bond donors (Lipinski definition) is 0. The largest absolute Gasteiger partial charge is 0.300 e. The lowest BCUT2D eigenvalue weighted by molar-refractivity contribution is -0.117. The van der Waals surface area contributed by atoms with Crippen molar-refractivity contribution in [3.8, 4) is 0 Å². The number of allylic oxidation sites excluding steroid dienone is 2. The Balaban J connectivity index is -0.000000191. The molecule has 0 aromatic rings. The van der Waals surface area contributed by atoms with E-state index in [1.54, 1.807) is 41.5 Å². The van der Waals surface area contributed by atoms with E-state index in [2.05, 4.69) is 60.6 Å². The van der Waals surface area contributed by atoms with E-state index < -0.39 is 0 Å². The van der Waals surface area contributed by atoms with Crippen LogP contribution in [0.3, 0.4) is 0 Å². The molecule has 0 rings (SSSR count). The molecule has 0 aromatic carbocycles. The van der Waals surface area contributed by atoms with Gasteiger partial charge in [0.15, 0.2) is 0 Å². The van der Waals surface area contributed by atoms with Crippen LogP contribution in [0.25, 0.3) is 0 Å². The summed E-state index contributed by atoms with van der Waals surface area (Å²) in [5.74, 6) is 2.01. The van der Waals surface area contributed by atoms with Gasteiger partial charge in [-0.25, -0.2) is 0 Å². The van der Waals surface area contributed by atoms with Crippen LogP contribution in [-0.2, 0) is 33.6 Å². The summed E-state index contributed by atoms with van der Waals surface area (Å²) in [7, 11) is 0. The first-order valence-electron chi connectivity index (χ1n) is 41.2. The third-order valence-electron chi connectivity index (χ3n) is 16.9. The van der Waals surface area contributed by atoms with Crippen LogP contribution in [0.4, 0.5) is 0 Å². The minimum absolute atomic E-state index is 0.192. The topological polar surface area (TPSA) is 119 Å². The summed E-state index contributed by atoms with van der Waals surface area (Å²) in [6, 6.07) is 0. The quantitative estimate of drug-likeness (QED) is 0.0338. The molecule has 0 saturated heterocycles. The summed E-state index contributed by atoms with van der Waals surface area (Å²) in [4.78, 5) is 74.0. The van der Waals surface area contributed by atoms with Gasteiger partial charge >= 0.3 is 0 Å². The van der Waals surface area contributed by atoms with Crippen LogP contribution >= 0.6 is 11.6 Å². The predicted molar refractivity (Wildman–Crippen MR) is 419 cm³/mol. The molecule has 0 bridgehead atoms. The van der Waals surface area contributed by atoms with Gasteiger partial charge in [0.05, 0.1) is 0 Å². The molecule has 0 aliphatic heterocycles. The third-order valence-corrected chi connectivity index (χ3v) is 17.1. The second-order valence-electron chi connectivity index (χ2n) is 27.8. The zero-order chi connectivity index (χ0) is 71.7. The van der Waals surface area contributed by atoms with E-state index in [-0.39, 0.29) is 5.24 Å². The fourth-order valence-corrected chi connectivity index (χ4v) is 10.8. The molecular weight excluding hydrogens is 1180 g/mol. The van der Waals surface area contributed by atoms with Crippen molar-refractivity contribution in [2.75, 3.05) is 0 Å². The SMILES string of the molecule is CCCCCCC(C)=O.CCCCCCCC(C)=O.CCCCCCCC/C=C\CCCCCCCC(=O)Cl.CCCCCCCCCC(C)=O.CCCCCCCCCCC(C)=O.CCCCCCCCCCCC(C)=O.CCCCCCCCCCCCCC(C)=O. The Morgan fingerprint density at radius 3 is 0.436 bits per heavy atom. The number of hydrogen-bond acceptors (Lipinski definition) is 7. The van der Waals surface area contributed by atoms with Crippen LogP contribution in [0.1, 0.15) is 501 Å². The molecule has 562 valence electrons. The Morgan fingerprint density at radius 1 is 0.181 bits per heavy atom. The van der Waals surface area contributed by atoms with Gasteiger partial charge in [0, 0.05) is 44.9 Å². The van der Waals surface area contributed by atoms with Gasteiger partial charge < -0.3 is 28.8 Å². The van der Waals surface area contributed by atoms with Crippen LogP contribution in [0.5, 0.6) is 0 Å². The van der Waals surface area contributed by atoms with Crippen LogP contribution < -0.4 is 0 Å². The van der Waals surface area contributed by atoms with Crippen LogP contribution in [-0.4, -0.2) is 39.9 Å². The Bertz CT molecular complexity index is 1520. The second kappa shape index (κ2) is 102. The van der Waals surface area contributed by atoms with Crippen molar-refractivity contribution >= 4 is 51.5 Å². The number of unbranched alkanes of at least 4 members (excludes halogenated alkanes) is 49. The van der Waals surface area contributed by atoms with E-state index >= 15 is 0 Å². The normalized spacial score (nSPS) is 10.4. The Kier molecular flexibility index (Phi) is 114. The summed E-state index contributed by atoms with van der Waals surface area (Å²) in [5.41, 5.74) is 0. The van der Waals surface area contributed by atoms with Crippen molar-refractivity contribution in [3.63, 3.8) is 0 Å². The summed E-state index contributed by atoms with van der Waals surface area (Å²) in [6.07, 6.45) is 84.0. The predicted octanol–water partition coefficient (Wildman–Crippen LogP) is 29.9. The molecule has 0 N–H and O–H groups in total. The smallest absolute Gasteiger partial charge is 0.221 e. The van der Waals surface area contributed by atoms with Crippen LogP contribution in [0, 0.1) is 0 Å². The highest BCUT2D eigenvalue weighted by Gasteiger charge is 2.00. The third kappa shape index (κ3) is 141. The molecule has 0 heterocycles. The monoisotopic (exact) mass is 1350 g/mol. The molecule has 0 unspecified atom stereocenters. The molecule has 0 amide bonds. The highest BCUT2D eigenvalue weighted by molar-refractivity contribution is 6.63. The van der Waals surface area contributed by atoms with Crippen molar-refractivity contribution < 1.29 is 33.6 Å². The average molecular weight is 1350 g/mol. The van der Waals surface area contributed by atoms with E-state index in [0.717, 1.165) is 89.9 Å². The summed E-state index contributed by atoms with van der Waals surface area (Å²) < 4.78 is 0. The maximum absolute atomic E-state index is 10.7. The van der Waals surface area contributed by atoms with Gasteiger partial charge in [-0.1, -0.05) is 356 Å². The molecule has 8 heteroatoms. The fraction of sp³-hybridized carbons (Fsp3) is 0.895. The molecule has 7 nitrogen and oxygen atoms in total. The first kappa shape index (κ1) is 105. The van der Waals surface area contributed by atoms with E-state index in [4.69, 9.17) is 11.6 Å². The summed E-state index contributed by atoms with van der Waals surface area (Å²) >= 11 is 5.29. The van der Waals surface area contributed by atoms with Gasteiger partial charge in [0.25, 0.3) is 0 Å². The van der Waals surface area contributed by atoms with E-state index in [9.17, 15) is 33.6 Å². The zero-order valence-electron chi connectivity index (χ0n) is 66.1. The molecule has 0 aliphatic carbocycles. The maximum Gasteiger partial charge on any atom is 0.221 e. The van der Waals surface area contributed by atoms with Gasteiger partial charge in [0.2, 0.25) is 5.24 Å². The Hall–Kier alpha value is -2.28. The molecule has 0 aliphatic rings. The summed E-state index contributed by atoms with van der Waals surface area (Å²) in [5, 5.41) is -0.192. The Morgan fingerprint density at radius 2 is 0.298 bits per heavy atom. The van der Waals surface area contributed by atoms with Crippen molar-refractivity contribution in [2.24, 2.45) is 0 Å². The van der Waals surface area contributed by atoms with Gasteiger partial charge in [-0.3, -0.25) is 4.79 Å². The Labute approximate surface area is 595 Å². The highest BCUT2D eigenvalue weighted by Crippen LogP contribution is 2.16. The lowest BCUT2D eigenvalue weighted by atomic mass is 10.0. The molecule has 0 atom stereocenters. The molecule has 0 spiro atoms. The van der Waals surface area contributed by atoms with E-state index in [0.29, 0.717) is 41.1 Å². The van der Waals surface area contributed by atoms with E-state index in [1.165, 1.54) is 315 Å². The minimum atomic E-state index is -0.192. The summed E-state index contributed by atoms with van der Waals surface area (Å²) in [6.45, 7) is 25.7. The average Bonchev–Trinajstić information content (AvgIpc) is 3.53. The van der Waals surface area contributed by atoms with E-state index in [1.807, 2.05) is 0 Å². The van der Waals surface area contributed by atoms with Gasteiger partial charge in [-0.2, -0.15) is 0 Å². The van der Waals surface area contributed by atoms with Gasteiger partial charge in [-0.15, -0.1) is 0 Å². The zero-order valence-corrected chi connectivity index (χ0v) is 66.9. The molecule has 0 saturated carbocycles. The van der Waals surface area contributed by atoms with Crippen molar-refractivity contribution in [1.82, 2.24) is 0 Å². The standard InChI is InChI=1S/C18H33ClO.C15H30O.C13H26O.C12H24O.C11H22O.C9H18O.C8H16O/c1-2-3-4-5-6-7-8-9-10-11-12-13-14-15-16-17-18(19)20;1-3-4-5-6-7-8-9-10-11-12-13-14-15(2)16;1-3-4-5-6-7-8-9-10-11-12-13(2)14;1-3-4-5-6-7-8-9-10-11-12(2)13;1-3-4-5-6-7-8-9-10-11(2)12;1-3-4-5-6-7-8-9(2)10;1-3-4-5-6-7-8(2)9/h9-10H,2-8,11-17H2,1H3;3-14H2,1-2H3;3-12H2,1-2H3;3-11H2,1-2H3;3-10H2,1-2H3;3-8H2,1-2H3;3-7H2,1-2H3/b10-9-;;;;;;.